The fraction of sp³-hybridized carbons (Fsp3) is 1.00. The van der Waals surface area contributed by atoms with Crippen molar-refractivity contribution < 1.29 is 14.7 Å². The largest absolute Gasteiger partial charge is 0.391 e. The Morgan fingerprint density at radius 2 is 0.704 bits per heavy atom. The molecule has 0 aliphatic carbocycles. The summed E-state index contributed by atoms with van der Waals surface area (Å²) >= 11 is 0. The van der Waals surface area contributed by atoms with E-state index in [0.717, 1.165) is 30.7 Å². The second kappa shape index (κ2) is 20.6. The van der Waals surface area contributed by atoms with E-state index >= 15 is 0 Å². The summed E-state index contributed by atoms with van der Waals surface area (Å²) < 4.78 is 0.928. The molecule has 2 N–H and O–H groups in total. The molecule has 0 aliphatic heterocycles. The van der Waals surface area contributed by atoms with Crippen molar-refractivity contribution in [2.75, 3.05) is 39.4 Å². The summed E-state index contributed by atoms with van der Waals surface area (Å²) in [5.74, 6) is 0. The van der Waals surface area contributed by atoms with Crippen LogP contribution in [0.1, 0.15) is 117 Å². The number of aliphatic hydroxyl groups is 2. The van der Waals surface area contributed by atoms with Crippen molar-refractivity contribution in [2.24, 2.45) is 0 Å². The fourth-order valence-corrected chi connectivity index (χ4v) is 4.26. The van der Waals surface area contributed by atoms with E-state index in [1.54, 1.807) is 0 Å². The van der Waals surface area contributed by atoms with E-state index in [2.05, 4.69) is 13.8 Å². The highest BCUT2D eigenvalue weighted by Gasteiger charge is 2.25. The van der Waals surface area contributed by atoms with Gasteiger partial charge in [0.25, 0.3) is 0 Å². The van der Waals surface area contributed by atoms with Crippen molar-refractivity contribution in [1.29, 1.82) is 0 Å². The van der Waals surface area contributed by atoms with Crippen LogP contribution in [0.25, 0.3) is 0 Å². The predicted molar refractivity (Wildman–Crippen MR) is 119 cm³/mol. The molecule has 0 bridgehead atoms. The van der Waals surface area contributed by atoms with Crippen molar-refractivity contribution in [2.45, 2.75) is 117 Å². The van der Waals surface area contributed by atoms with Crippen LogP contribution in [0, 0.1) is 0 Å². The molecule has 0 aliphatic rings. The first-order chi connectivity index (χ1) is 13.2. The molecule has 0 aromatic carbocycles. The summed E-state index contributed by atoms with van der Waals surface area (Å²) in [7, 11) is 0. The van der Waals surface area contributed by atoms with Gasteiger partial charge in [0, 0.05) is 0 Å². The molecule has 0 heterocycles. The number of quaternary nitrogens is 1. The molecule has 0 amide bonds. The molecule has 0 fully saturated rings. The monoisotopic (exact) mass is 386 g/mol. The number of rotatable bonds is 22. The van der Waals surface area contributed by atoms with Crippen LogP contribution < -0.4 is 0 Å². The van der Waals surface area contributed by atoms with Gasteiger partial charge in [-0.1, -0.05) is 90.9 Å². The summed E-state index contributed by atoms with van der Waals surface area (Å²) in [6.07, 6.45) is 21.5. The Hall–Kier alpha value is -0.120. The molecular weight excluding hydrogens is 334 g/mol. The molecule has 0 aromatic rings. The van der Waals surface area contributed by atoms with Crippen LogP contribution in [0.4, 0.5) is 0 Å². The Bertz CT molecular complexity index is 278. The SMILES string of the molecule is CCCCCCCCCCCC[N+](CCO)(CCO)CCCCCCCC. The zero-order chi connectivity index (χ0) is 20.1. The number of aliphatic hydroxyl groups excluding tert-OH is 2. The van der Waals surface area contributed by atoms with E-state index in [4.69, 9.17) is 0 Å². The maximum absolute atomic E-state index is 9.57. The molecule has 3 heteroatoms. The smallest absolute Gasteiger partial charge is 0.102 e. The summed E-state index contributed by atoms with van der Waals surface area (Å²) in [4.78, 5) is 0. The number of unbranched alkanes of at least 4 members (excludes halogenated alkanes) is 14. The Morgan fingerprint density at radius 1 is 0.407 bits per heavy atom. The minimum atomic E-state index is 0.244. The zero-order valence-electron chi connectivity index (χ0n) is 18.9. The molecule has 164 valence electrons. The maximum Gasteiger partial charge on any atom is 0.102 e. The van der Waals surface area contributed by atoms with Crippen LogP contribution >= 0.6 is 0 Å². The van der Waals surface area contributed by atoms with Gasteiger partial charge in [-0.05, 0) is 25.7 Å². The van der Waals surface area contributed by atoms with Crippen LogP contribution in [0.15, 0.2) is 0 Å². The lowest BCUT2D eigenvalue weighted by atomic mass is 10.1. The van der Waals surface area contributed by atoms with Gasteiger partial charge in [0.15, 0.2) is 0 Å². The molecule has 0 radical (unpaired) electrons. The van der Waals surface area contributed by atoms with Crippen LogP contribution in [0.5, 0.6) is 0 Å². The quantitative estimate of drug-likeness (QED) is 0.175. The first-order valence-electron chi connectivity index (χ1n) is 12.3. The molecular formula is C24H52NO2+. The molecule has 0 aromatic heterocycles. The molecule has 27 heavy (non-hydrogen) atoms. The Morgan fingerprint density at radius 3 is 1.00 bits per heavy atom. The Kier molecular flexibility index (Phi) is 20.5. The van der Waals surface area contributed by atoms with Crippen LogP contribution in [0.2, 0.25) is 0 Å². The van der Waals surface area contributed by atoms with Crippen LogP contribution in [-0.2, 0) is 0 Å². The topological polar surface area (TPSA) is 40.5 Å². The average Bonchev–Trinajstić information content (AvgIpc) is 2.66. The van der Waals surface area contributed by atoms with Crippen LogP contribution in [-0.4, -0.2) is 54.1 Å². The van der Waals surface area contributed by atoms with Gasteiger partial charge < -0.3 is 14.7 Å². The van der Waals surface area contributed by atoms with E-state index in [-0.39, 0.29) is 13.2 Å². The minimum absolute atomic E-state index is 0.244. The summed E-state index contributed by atoms with van der Waals surface area (Å²) in [5, 5.41) is 19.1. The summed E-state index contributed by atoms with van der Waals surface area (Å²) in [6.45, 7) is 8.91. The van der Waals surface area contributed by atoms with Crippen molar-refractivity contribution in [3.05, 3.63) is 0 Å². The first kappa shape index (κ1) is 26.9. The minimum Gasteiger partial charge on any atom is -0.391 e. The molecule has 0 saturated heterocycles. The Balaban J connectivity index is 3.96. The van der Waals surface area contributed by atoms with Gasteiger partial charge >= 0.3 is 0 Å². The van der Waals surface area contributed by atoms with Crippen molar-refractivity contribution in [3.8, 4) is 0 Å². The van der Waals surface area contributed by atoms with E-state index in [1.165, 1.54) is 103 Å². The average molecular weight is 387 g/mol. The lowest BCUT2D eigenvalue weighted by Gasteiger charge is -2.38. The van der Waals surface area contributed by atoms with Gasteiger partial charge in [0.1, 0.15) is 13.1 Å². The van der Waals surface area contributed by atoms with Crippen molar-refractivity contribution in [1.82, 2.24) is 0 Å². The summed E-state index contributed by atoms with van der Waals surface area (Å²) in [6, 6.07) is 0. The maximum atomic E-state index is 9.57. The number of nitrogens with zero attached hydrogens (tertiary/aromatic N) is 1. The van der Waals surface area contributed by atoms with Gasteiger partial charge in [-0.2, -0.15) is 0 Å². The van der Waals surface area contributed by atoms with E-state index < -0.39 is 0 Å². The van der Waals surface area contributed by atoms with Gasteiger partial charge in [0.2, 0.25) is 0 Å². The lowest BCUT2D eigenvalue weighted by Crippen LogP contribution is -2.52. The molecule has 0 unspecified atom stereocenters. The van der Waals surface area contributed by atoms with Crippen LogP contribution in [0.3, 0.4) is 0 Å². The first-order valence-corrected chi connectivity index (χ1v) is 12.3. The van der Waals surface area contributed by atoms with Crippen molar-refractivity contribution in [3.63, 3.8) is 0 Å². The number of hydrogen-bond acceptors (Lipinski definition) is 2. The van der Waals surface area contributed by atoms with Gasteiger partial charge in [0.05, 0.1) is 26.3 Å². The van der Waals surface area contributed by atoms with E-state index in [9.17, 15) is 10.2 Å². The standard InChI is InChI=1S/C24H52NO2/c1-3-5-7-9-11-12-13-14-16-18-20-25(21-23-26,22-24-27)19-17-15-10-8-6-4-2/h26-27H,3-24H2,1-2H3/q+1. The second-order valence-electron chi connectivity index (χ2n) is 8.63. The normalized spacial score (nSPS) is 12.0. The second-order valence-corrected chi connectivity index (χ2v) is 8.63. The van der Waals surface area contributed by atoms with E-state index in [1.807, 2.05) is 0 Å². The van der Waals surface area contributed by atoms with Gasteiger partial charge in [-0.15, -0.1) is 0 Å². The molecule has 0 atom stereocenters. The highest BCUT2D eigenvalue weighted by atomic mass is 16.3. The number of hydrogen-bond donors (Lipinski definition) is 2. The lowest BCUT2D eigenvalue weighted by molar-refractivity contribution is -0.929. The molecule has 0 spiro atoms. The zero-order valence-corrected chi connectivity index (χ0v) is 18.9. The third-order valence-corrected chi connectivity index (χ3v) is 6.12. The predicted octanol–water partition coefficient (Wildman–Crippen LogP) is 6.07. The molecule has 0 rings (SSSR count). The fourth-order valence-electron chi connectivity index (χ4n) is 4.26. The third kappa shape index (κ3) is 16.5. The van der Waals surface area contributed by atoms with Gasteiger partial charge in [-0.3, -0.25) is 0 Å². The van der Waals surface area contributed by atoms with Gasteiger partial charge in [-0.25, -0.2) is 0 Å². The van der Waals surface area contributed by atoms with Crippen molar-refractivity contribution >= 4 is 0 Å². The molecule has 0 saturated carbocycles. The third-order valence-electron chi connectivity index (χ3n) is 6.12. The summed E-state index contributed by atoms with van der Waals surface area (Å²) in [5.41, 5.74) is 0. The molecule has 3 nitrogen and oxygen atoms in total. The Labute approximate surface area is 171 Å². The highest BCUT2D eigenvalue weighted by Crippen LogP contribution is 2.16. The van der Waals surface area contributed by atoms with E-state index in [0.29, 0.717) is 0 Å². The highest BCUT2D eigenvalue weighted by molar-refractivity contribution is 4.52.